The summed E-state index contributed by atoms with van der Waals surface area (Å²) in [5, 5.41) is 25.4. The Bertz CT molecular complexity index is 963. The van der Waals surface area contributed by atoms with Gasteiger partial charge in [0.15, 0.2) is 0 Å². The number of hydrogen-bond acceptors (Lipinski definition) is 7. The molecule has 0 saturated carbocycles. The minimum absolute atomic E-state index is 0.0797. The van der Waals surface area contributed by atoms with E-state index in [9.17, 15) is 15.0 Å². The number of carbonyl (C=O) groups is 1. The van der Waals surface area contributed by atoms with Crippen LogP contribution >= 0.6 is 0 Å². The number of β-amino-alcohol motifs (C(OH)–C–C–N with tert-alkyl or cyclic N) is 1. The summed E-state index contributed by atoms with van der Waals surface area (Å²) in [5.74, 6) is 0.711. The second-order valence-corrected chi connectivity index (χ2v) is 7.14. The lowest BCUT2D eigenvalue weighted by Gasteiger charge is -2.42. The van der Waals surface area contributed by atoms with Crippen molar-refractivity contribution in [3.8, 4) is 11.4 Å². The molecular weight excluding hydrogens is 372 g/mol. The zero-order valence-corrected chi connectivity index (χ0v) is 15.8. The summed E-state index contributed by atoms with van der Waals surface area (Å²) < 4.78 is 5.23. The first-order valence-electron chi connectivity index (χ1n) is 9.53. The normalized spacial score (nSPS) is 21.9. The summed E-state index contributed by atoms with van der Waals surface area (Å²) in [5.41, 5.74) is 0.110. The van der Waals surface area contributed by atoms with Crippen LogP contribution in [0.4, 0.5) is 0 Å². The fourth-order valence-corrected chi connectivity index (χ4v) is 3.56. The Hall–Kier alpha value is -3.10. The van der Waals surface area contributed by atoms with Gasteiger partial charge in [0.05, 0.1) is 0 Å². The molecule has 1 aromatic carbocycles. The fourth-order valence-electron chi connectivity index (χ4n) is 3.56. The molecule has 8 nitrogen and oxygen atoms in total. The molecule has 2 N–H and O–H groups in total. The van der Waals surface area contributed by atoms with Gasteiger partial charge in [-0.1, -0.05) is 35.5 Å². The van der Waals surface area contributed by atoms with Gasteiger partial charge < -0.3 is 19.6 Å². The van der Waals surface area contributed by atoms with Crippen LogP contribution < -0.4 is 0 Å². The van der Waals surface area contributed by atoms with Crippen LogP contribution in [0.1, 0.15) is 24.3 Å². The number of aliphatic hydroxyl groups is 2. The topological polar surface area (TPSA) is 113 Å². The third-order valence-corrected chi connectivity index (χ3v) is 5.29. The number of nitrogens with zero attached hydrogens (tertiary/aromatic N) is 4. The molecule has 0 spiro atoms. The lowest BCUT2D eigenvalue weighted by atomic mass is 9.82. The molecule has 2 atom stereocenters. The molecule has 2 aromatic heterocycles. The van der Waals surface area contributed by atoms with Crippen molar-refractivity contribution in [3.63, 3.8) is 0 Å². The maximum absolute atomic E-state index is 12.6. The molecule has 3 aromatic rings. The number of pyridine rings is 1. The quantitative estimate of drug-likeness (QED) is 0.675. The first-order chi connectivity index (χ1) is 14.1. The number of hydrogen-bond donors (Lipinski definition) is 2. The van der Waals surface area contributed by atoms with Gasteiger partial charge in [0.25, 0.3) is 0 Å². The highest BCUT2D eigenvalue weighted by Gasteiger charge is 2.42. The van der Waals surface area contributed by atoms with E-state index in [0.717, 1.165) is 5.56 Å². The Labute approximate surface area is 167 Å². The van der Waals surface area contributed by atoms with Crippen molar-refractivity contribution in [3.05, 3.63) is 66.3 Å². The zero-order chi connectivity index (χ0) is 20.3. The summed E-state index contributed by atoms with van der Waals surface area (Å²) >= 11 is 0. The van der Waals surface area contributed by atoms with E-state index >= 15 is 0 Å². The smallest absolute Gasteiger partial charge is 0.227 e. The molecule has 29 heavy (non-hydrogen) atoms. The van der Waals surface area contributed by atoms with E-state index in [1.807, 2.05) is 18.2 Å². The zero-order valence-electron chi connectivity index (χ0n) is 15.8. The lowest BCUT2D eigenvalue weighted by Crippen LogP contribution is -2.55. The predicted molar refractivity (Wildman–Crippen MR) is 103 cm³/mol. The van der Waals surface area contributed by atoms with Crippen LogP contribution in [0.3, 0.4) is 0 Å². The van der Waals surface area contributed by atoms with Gasteiger partial charge in [-0.15, -0.1) is 0 Å². The standard InChI is InChI=1S/C21H22N4O4/c26-17-14-25(13-10-21(17,28)16-4-2-1-3-5-16)19(27)7-6-18-23-20(24-29-18)15-8-11-22-12-9-15/h1-5,8-9,11-12,17,26,28H,6-7,10,13-14H2/t17-,21-/m0/s1. The molecule has 1 aliphatic heterocycles. The van der Waals surface area contributed by atoms with Gasteiger partial charge in [0, 0.05) is 50.3 Å². The average molecular weight is 394 g/mol. The summed E-state index contributed by atoms with van der Waals surface area (Å²) in [6, 6.07) is 12.6. The molecule has 1 fully saturated rings. The Kier molecular flexibility index (Phi) is 5.37. The first kappa shape index (κ1) is 19.2. The highest BCUT2D eigenvalue weighted by atomic mass is 16.5. The van der Waals surface area contributed by atoms with Crippen LogP contribution in [0, 0.1) is 0 Å². The largest absolute Gasteiger partial charge is 0.388 e. The van der Waals surface area contributed by atoms with Crippen molar-refractivity contribution in [2.75, 3.05) is 13.1 Å². The maximum atomic E-state index is 12.6. The molecule has 1 aliphatic rings. The van der Waals surface area contributed by atoms with E-state index in [4.69, 9.17) is 4.52 Å². The molecule has 0 radical (unpaired) electrons. The van der Waals surface area contributed by atoms with Crippen LogP contribution in [0.15, 0.2) is 59.4 Å². The Balaban J connectivity index is 1.34. The molecule has 8 heteroatoms. The van der Waals surface area contributed by atoms with Gasteiger partial charge in [-0.2, -0.15) is 4.98 Å². The molecule has 150 valence electrons. The number of rotatable bonds is 5. The van der Waals surface area contributed by atoms with E-state index in [1.165, 1.54) is 0 Å². The van der Waals surface area contributed by atoms with Crippen molar-refractivity contribution in [2.24, 2.45) is 0 Å². The molecule has 0 bridgehead atoms. The second-order valence-electron chi connectivity index (χ2n) is 7.14. The Morgan fingerprint density at radius 3 is 2.69 bits per heavy atom. The monoisotopic (exact) mass is 394 g/mol. The summed E-state index contributed by atoms with van der Waals surface area (Å²) in [4.78, 5) is 22.4. The van der Waals surface area contributed by atoms with E-state index in [2.05, 4.69) is 15.1 Å². The van der Waals surface area contributed by atoms with Crippen LogP contribution in [0.5, 0.6) is 0 Å². The molecule has 0 aliphatic carbocycles. The van der Waals surface area contributed by atoms with Crippen LogP contribution in [-0.4, -0.2) is 55.3 Å². The number of benzene rings is 1. The highest BCUT2D eigenvalue weighted by Crippen LogP contribution is 2.33. The van der Waals surface area contributed by atoms with Gasteiger partial charge in [0.1, 0.15) is 11.7 Å². The SMILES string of the molecule is O=C(CCc1nc(-c2ccncc2)no1)N1CC[C@](O)(c2ccccc2)[C@@H](O)C1. The highest BCUT2D eigenvalue weighted by molar-refractivity contribution is 5.76. The van der Waals surface area contributed by atoms with Crippen LogP contribution in [-0.2, 0) is 16.8 Å². The van der Waals surface area contributed by atoms with E-state index < -0.39 is 11.7 Å². The summed E-state index contributed by atoms with van der Waals surface area (Å²) in [6.07, 6.45) is 3.02. The number of likely N-dealkylation sites (tertiary alicyclic amines) is 1. The van der Waals surface area contributed by atoms with Gasteiger partial charge in [-0.25, -0.2) is 0 Å². The van der Waals surface area contributed by atoms with Gasteiger partial charge in [-0.05, 0) is 17.7 Å². The van der Waals surface area contributed by atoms with Gasteiger partial charge in [0.2, 0.25) is 17.6 Å². The predicted octanol–water partition coefficient (Wildman–Crippen LogP) is 1.55. The van der Waals surface area contributed by atoms with Crippen molar-refractivity contribution < 1.29 is 19.5 Å². The number of aryl methyl sites for hydroxylation is 1. The number of amides is 1. The number of carbonyl (C=O) groups excluding carboxylic acids is 1. The minimum Gasteiger partial charge on any atom is -0.388 e. The Morgan fingerprint density at radius 2 is 1.97 bits per heavy atom. The summed E-state index contributed by atoms with van der Waals surface area (Å²) in [6.45, 7) is 0.448. The minimum atomic E-state index is -1.34. The number of aliphatic hydroxyl groups excluding tert-OH is 1. The number of piperidine rings is 1. The fraction of sp³-hybridized carbons (Fsp3) is 0.333. The summed E-state index contributed by atoms with van der Waals surface area (Å²) in [7, 11) is 0. The molecule has 1 amide bonds. The average Bonchev–Trinajstić information content (AvgIpc) is 3.24. The van der Waals surface area contributed by atoms with Crippen molar-refractivity contribution in [2.45, 2.75) is 31.0 Å². The van der Waals surface area contributed by atoms with E-state index in [1.54, 1.807) is 41.6 Å². The first-order valence-corrected chi connectivity index (χ1v) is 9.53. The number of aromatic nitrogens is 3. The van der Waals surface area contributed by atoms with E-state index in [-0.39, 0.29) is 25.3 Å². The lowest BCUT2D eigenvalue weighted by molar-refractivity contribution is -0.151. The van der Waals surface area contributed by atoms with Crippen molar-refractivity contribution >= 4 is 5.91 Å². The molecule has 1 saturated heterocycles. The van der Waals surface area contributed by atoms with Crippen LogP contribution in [0.2, 0.25) is 0 Å². The molecule has 4 rings (SSSR count). The third-order valence-electron chi connectivity index (χ3n) is 5.29. The maximum Gasteiger partial charge on any atom is 0.227 e. The third kappa shape index (κ3) is 4.03. The Morgan fingerprint density at radius 1 is 1.21 bits per heavy atom. The van der Waals surface area contributed by atoms with Crippen LogP contribution in [0.25, 0.3) is 11.4 Å². The molecular formula is C21H22N4O4. The molecule has 3 heterocycles. The van der Waals surface area contributed by atoms with Crippen molar-refractivity contribution in [1.29, 1.82) is 0 Å². The molecule has 0 unspecified atom stereocenters. The van der Waals surface area contributed by atoms with Gasteiger partial charge in [-0.3, -0.25) is 9.78 Å². The second kappa shape index (κ2) is 8.10. The van der Waals surface area contributed by atoms with Gasteiger partial charge >= 0.3 is 0 Å². The van der Waals surface area contributed by atoms with E-state index in [0.29, 0.717) is 30.2 Å². The van der Waals surface area contributed by atoms with Crippen molar-refractivity contribution in [1.82, 2.24) is 20.0 Å².